The molecule has 5 nitrogen and oxygen atoms in total. The van der Waals surface area contributed by atoms with Gasteiger partial charge in [-0.1, -0.05) is 43.1 Å². The summed E-state index contributed by atoms with van der Waals surface area (Å²) in [5.74, 6) is -1.01. The molecule has 0 bridgehead atoms. The van der Waals surface area contributed by atoms with Crippen molar-refractivity contribution in [2.24, 2.45) is 0 Å². The minimum atomic E-state index is -1.01. The van der Waals surface area contributed by atoms with Gasteiger partial charge in [0.2, 0.25) is 0 Å². The number of aromatic nitrogens is 3. The van der Waals surface area contributed by atoms with Gasteiger partial charge in [-0.25, -0.2) is 9.78 Å². The highest BCUT2D eigenvalue weighted by atomic mass is 35.5. The fourth-order valence-electron chi connectivity index (χ4n) is 3.61. The summed E-state index contributed by atoms with van der Waals surface area (Å²) >= 11 is 13.0. The minimum absolute atomic E-state index is 0.133. The van der Waals surface area contributed by atoms with E-state index in [0.717, 1.165) is 16.8 Å². The molecule has 146 valence electrons. The van der Waals surface area contributed by atoms with Crippen molar-refractivity contribution in [3.05, 3.63) is 87.9 Å². The zero-order valence-electron chi connectivity index (χ0n) is 15.7. The van der Waals surface area contributed by atoms with E-state index < -0.39 is 11.4 Å². The van der Waals surface area contributed by atoms with Crippen LogP contribution in [0.15, 0.2) is 61.1 Å². The van der Waals surface area contributed by atoms with Gasteiger partial charge in [0.25, 0.3) is 0 Å². The molecule has 0 saturated carbocycles. The van der Waals surface area contributed by atoms with Crippen molar-refractivity contribution in [3.63, 3.8) is 0 Å². The monoisotopic (exact) mass is 425 g/mol. The first-order valence-corrected chi connectivity index (χ1v) is 9.67. The zero-order valence-corrected chi connectivity index (χ0v) is 17.2. The highest BCUT2D eigenvalue weighted by molar-refractivity contribution is 6.36. The predicted octanol–water partition coefficient (Wildman–Crippen LogP) is 5.73. The molecule has 1 aromatic carbocycles. The third-order valence-electron chi connectivity index (χ3n) is 5.04. The van der Waals surface area contributed by atoms with Crippen LogP contribution in [0.1, 0.15) is 35.5 Å². The van der Waals surface area contributed by atoms with Crippen LogP contribution in [0, 0.1) is 0 Å². The molecule has 7 heteroatoms. The predicted molar refractivity (Wildman–Crippen MR) is 114 cm³/mol. The van der Waals surface area contributed by atoms with Crippen LogP contribution in [-0.2, 0) is 5.41 Å². The van der Waals surface area contributed by atoms with Crippen LogP contribution in [0.2, 0.25) is 10.0 Å². The summed E-state index contributed by atoms with van der Waals surface area (Å²) in [5, 5.41) is 10.3. The Morgan fingerprint density at radius 2 is 1.79 bits per heavy atom. The molecule has 0 fully saturated rings. The van der Waals surface area contributed by atoms with Gasteiger partial charge in [0.05, 0.1) is 11.3 Å². The number of halogens is 2. The number of carbonyl (C=O) groups is 1. The average molecular weight is 426 g/mol. The van der Waals surface area contributed by atoms with E-state index in [1.54, 1.807) is 12.3 Å². The third kappa shape index (κ3) is 3.26. The number of carboxylic acids is 1. The fraction of sp³-hybridized carbons (Fsp3) is 0.136. The summed E-state index contributed by atoms with van der Waals surface area (Å²) in [7, 11) is 0. The molecule has 29 heavy (non-hydrogen) atoms. The Morgan fingerprint density at radius 3 is 2.41 bits per heavy atom. The molecule has 3 heterocycles. The van der Waals surface area contributed by atoms with Crippen molar-refractivity contribution in [1.29, 1.82) is 0 Å². The second kappa shape index (κ2) is 7.17. The van der Waals surface area contributed by atoms with E-state index in [-0.39, 0.29) is 5.56 Å². The molecule has 0 aliphatic rings. The lowest BCUT2D eigenvalue weighted by Crippen LogP contribution is -2.22. The molecule has 0 aliphatic carbocycles. The van der Waals surface area contributed by atoms with Crippen LogP contribution in [-0.4, -0.2) is 25.4 Å². The van der Waals surface area contributed by atoms with E-state index in [0.29, 0.717) is 21.4 Å². The summed E-state index contributed by atoms with van der Waals surface area (Å²) in [4.78, 5) is 20.0. The maximum absolute atomic E-state index is 11.1. The Labute approximate surface area is 177 Å². The lowest BCUT2D eigenvalue weighted by molar-refractivity contribution is 0.0696. The van der Waals surface area contributed by atoms with E-state index in [1.165, 1.54) is 12.3 Å². The molecule has 0 saturated heterocycles. The van der Waals surface area contributed by atoms with Crippen LogP contribution in [0.5, 0.6) is 0 Å². The summed E-state index contributed by atoms with van der Waals surface area (Å²) in [5.41, 5.74) is 3.53. The van der Waals surface area contributed by atoms with Gasteiger partial charge in [-0.05, 0) is 36.4 Å². The first-order valence-electron chi connectivity index (χ1n) is 8.91. The Kier molecular flexibility index (Phi) is 4.81. The molecule has 0 spiro atoms. The molecule has 0 atom stereocenters. The maximum Gasteiger partial charge on any atom is 0.337 e. The minimum Gasteiger partial charge on any atom is -0.478 e. The maximum atomic E-state index is 11.1. The first kappa shape index (κ1) is 19.4. The number of hydrogen-bond acceptors (Lipinski definition) is 3. The summed E-state index contributed by atoms with van der Waals surface area (Å²) in [6.07, 6.45) is 4.99. The molecular formula is C22H17Cl2N3O2. The third-order valence-corrected chi connectivity index (χ3v) is 5.67. The molecule has 0 amide bonds. The first-order chi connectivity index (χ1) is 13.8. The number of rotatable bonds is 4. The molecule has 0 radical (unpaired) electrons. The molecule has 0 aliphatic heterocycles. The average Bonchev–Trinajstić information content (AvgIpc) is 3.08. The number of hydrogen-bond donors (Lipinski definition) is 1. The van der Waals surface area contributed by atoms with Gasteiger partial charge in [-0.15, -0.1) is 0 Å². The van der Waals surface area contributed by atoms with Crippen molar-refractivity contribution < 1.29 is 9.90 Å². The number of fused-ring (bicyclic) bond motifs is 1. The van der Waals surface area contributed by atoms with Crippen LogP contribution in [0.25, 0.3) is 16.9 Å². The summed E-state index contributed by atoms with van der Waals surface area (Å²) in [6, 6.07) is 12.6. The molecule has 4 rings (SSSR count). The SMILES string of the molecule is CC(C)(c1c(Cl)cccc1Cl)c1cc(-c2ccc(C(=O)O)cn2)c2ncccn12. The molecular weight excluding hydrogens is 409 g/mol. The van der Waals surface area contributed by atoms with Gasteiger partial charge in [0.15, 0.2) is 0 Å². The number of nitrogens with zero attached hydrogens (tertiary/aromatic N) is 3. The van der Waals surface area contributed by atoms with Crippen LogP contribution >= 0.6 is 23.2 Å². The summed E-state index contributed by atoms with van der Waals surface area (Å²) in [6.45, 7) is 4.11. The quantitative estimate of drug-likeness (QED) is 0.453. The van der Waals surface area contributed by atoms with Gasteiger partial charge in [0.1, 0.15) is 5.65 Å². The highest BCUT2D eigenvalue weighted by Crippen LogP contribution is 2.42. The van der Waals surface area contributed by atoms with E-state index in [9.17, 15) is 4.79 Å². The van der Waals surface area contributed by atoms with Crippen LogP contribution < -0.4 is 0 Å². The summed E-state index contributed by atoms with van der Waals surface area (Å²) < 4.78 is 1.99. The normalized spacial score (nSPS) is 11.7. The van der Waals surface area contributed by atoms with Gasteiger partial charge < -0.3 is 9.51 Å². The van der Waals surface area contributed by atoms with Crippen molar-refractivity contribution in [3.8, 4) is 11.3 Å². The zero-order chi connectivity index (χ0) is 20.8. The Bertz CT molecular complexity index is 1210. The largest absolute Gasteiger partial charge is 0.478 e. The van der Waals surface area contributed by atoms with E-state index in [1.807, 2.05) is 40.9 Å². The smallest absolute Gasteiger partial charge is 0.337 e. The number of aromatic carboxylic acids is 1. The molecule has 0 unspecified atom stereocenters. The lowest BCUT2D eigenvalue weighted by atomic mass is 9.81. The van der Waals surface area contributed by atoms with Crippen LogP contribution in [0.3, 0.4) is 0 Å². The van der Waals surface area contributed by atoms with Gasteiger partial charge in [0, 0.05) is 50.9 Å². The van der Waals surface area contributed by atoms with Gasteiger partial charge in [-0.2, -0.15) is 0 Å². The van der Waals surface area contributed by atoms with Crippen molar-refractivity contribution in [2.75, 3.05) is 0 Å². The number of benzene rings is 1. The van der Waals surface area contributed by atoms with Crippen LogP contribution in [0.4, 0.5) is 0 Å². The topological polar surface area (TPSA) is 67.5 Å². The number of carboxylic acid groups (broad SMARTS) is 1. The Hall–Kier alpha value is -2.89. The van der Waals surface area contributed by atoms with Crippen molar-refractivity contribution in [2.45, 2.75) is 19.3 Å². The van der Waals surface area contributed by atoms with Crippen molar-refractivity contribution >= 4 is 34.8 Å². The number of pyridine rings is 1. The standard InChI is InChI=1S/C22H17Cl2N3O2/c1-22(2,19-15(23)5-3-6-16(19)24)18-11-14(20-25-9-4-10-27(18)20)17-8-7-13(12-26-17)21(28)29/h3-12H,1-2H3,(H,28,29). The molecule has 3 aromatic heterocycles. The second-order valence-corrected chi connectivity index (χ2v) is 8.03. The Morgan fingerprint density at radius 1 is 1.07 bits per heavy atom. The highest BCUT2D eigenvalue weighted by Gasteiger charge is 2.32. The second-order valence-electron chi connectivity index (χ2n) is 7.22. The molecule has 4 aromatic rings. The van der Waals surface area contributed by atoms with E-state index in [4.69, 9.17) is 28.3 Å². The fourth-order valence-corrected chi connectivity index (χ4v) is 4.48. The lowest BCUT2D eigenvalue weighted by Gasteiger charge is -2.27. The van der Waals surface area contributed by atoms with Gasteiger partial charge >= 0.3 is 5.97 Å². The van der Waals surface area contributed by atoms with Gasteiger partial charge in [-0.3, -0.25) is 4.98 Å². The van der Waals surface area contributed by atoms with E-state index >= 15 is 0 Å². The molecule has 1 N–H and O–H groups in total. The Balaban J connectivity index is 1.94. The van der Waals surface area contributed by atoms with E-state index in [2.05, 4.69) is 23.8 Å². The van der Waals surface area contributed by atoms with Crippen molar-refractivity contribution in [1.82, 2.24) is 14.4 Å².